The van der Waals surface area contributed by atoms with Crippen LogP contribution in [0.15, 0.2) is 0 Å². The van der Waals surface area contributed by atoms with Crippen LogP contribution < -0.4 is 0 Å². The van der Waals surface area contributed by atoms with Gasteiger partial charge in [0.05, 0.1) is 6.61 Å². The molecule has 0 aromatic heterocycles. The van der Waals surface area contributed by atoms with Gasteiger partial charge < -0.3 is 4.74 Å². The van der Waals surface area contributed by atoms with Crippen LogP contribution in [0.2, 0.25) is 0 Å². The van der Waals surface area contributed by atoms with Gasteiger partial charge in [-0.15, -0.1) is 0 Å². The maximum absolute atomic E-state index is 12.0. The van der Waals surface area contributed by atoms with Crippen LogP contribution in [0.5, 0.6) is 0 Å². The predicted molar refractivity (Wildman–Crippen MR) is 235 cm³/mol. The van der Waals surface area contributed by atoms with Crippen molar-refractivity contribution in [3.63, 3.8) is 0 Å². The molecule has 312 valence electrons. The summed E-state index contributed by atoms with van der Waals surface area (Å²) in [5.74, 6) is 0.0325. The van der Waals surface area contributed by atoms with E-state index in [2.05, 4.69) is 13.8 Å². The van der Waals surface area contributed by atoms with Gasteiger partial charge in [-0.3, -0.25) is 4.79 Å². The summed E-state index contributed by atoms with van der Waals surface area (Å²) in [6.07, 6.45) is 63.9. The minimum absolute atomic E-state index is 0.0325. The lowest BCUT2D eigenvalue weighted by Crippen LogP contribution is -2.05. The number of unbranched alkanes of at least 4 members (excludes halogenated alkanes) is 43. The van der Waals surface area contributed by atoms with E-state index in [-0.39, 0.29) is 5.97 Å². The summed E-state index contributed by atoms with van der Waals surface area (Å²) in [5.41, 5.74) is 0. The Morgan fingerprint density at radius 3 is 0.635 bits per heavy atom. The molecule has 0 heterocycles. The molecule has 0 aromatic carbocycles. The Kier molecular flexibility index (Phi) is 48.0. The van der Waals surface area contributed by atoms with Gasteiger partial charge in [0, 0.05) is 6.42 Å². The molecule has 0 radical (unpaired) electrons. The third-order valence-electron chi connectivity index (χ3n) is 11.7. The molecule has 0 amide bonds. The number of rotatable bonds is 47. The molecule has 0 bridgehead atoms. The Bertz CT molecular complexity index is 630. The lowest BCUT2D eigenvalue weighted by molar-refractivity contribution is -0.143. The zero-order valence-electron chi connectivity index (χ0n) is 36.6. The molecule has 0 saturated heterocycles. The molecule has 2 nitrogen and oxygen atoms in total. The lowest BCUT2D eigenvalue weighted by atomic mass is 10.0. The summed E-state index contributed by atoms with van der Waals surface area (Å²) < 4.78 is 5.48. The van der Waals surface area contributed by atoms with Crippen LogP contribution >= 0.6 is 0 Å². The van der Waals surface area contributed by atoms with Gasteiger partial charge in [0.1, 0.15) is 0 Å². The van der Waals surface area contributed by atoms with Gasteiger partial charge in [-0.2, -0.15) is 0 Å². The lowest BCUT2D eigenvalue weighted by Gasteiger charge is -2.06. The highest BCUT2D eigenvalue weighted by Gasteiger charge is 2.03. The molecule has 0 N–H and O–H groups in total. The van der Waals surface area contributed by atoms with E-state index in [0.29, 0.717) is 13.0 Å². The average molecular weight is 733 g/mol. The minimum atomic E-state index is 0.0325. The maximum Gasteiger partial charge on any atom is 0.305 e. The van der Waals surface area contributed by atoms with E-state index in [4.69, 9.17) is 4.74 Å². The van der Waals surface area contributed by atoms with Crippen LogP contribution in [0.25, 0.3) is 0 Å². The SMILES string of the molecule is CCCCCCCCCCCCCCCCCCCCCCCCCCCCCCCCCC(=O)OCCCCCCCCCCCCCCCC. The normalized spacial score (nSPS) is 11.5. The van der Waals surface area contributed by atoms with Crippen LogP contribution in [0.3, 0.4) is 0 Å². The molecule has 2 heteroatoms. The molecule has 0 unspecified atom stereocenters. The molecule has 0 aliphatic heterocycles. The Morgan fingerprint density at radius 2 is 0.423 bits per heavy atom. The zero-order chi connectivity index (χ0) is 37.5. The molecule has 0 aromatic rings. The van der Waals surface area contributed by atoms with E-state index >= 15 is 0 Å². The molecular weight excluding hydrogens is 633 g/mol. The first kappa shape index (κ1) is 51.5. The molecule has 0 spiro atoms. The summed E-state index contributed by atoms with van der Waals surface area (Å²) in [6.45, 7) is 5.23. The summed E-state index contributed by atoms with van der Waals surface area (Å²) >= 11 is 0. The largest absolute Gasteiger partial charge is 0.466 e. The topological polar surface area (TPSA) is 26.3 Å². The number of ether oxygens (including phenoxy) is 1. The van der Waals surface area contributed by atoms with E-state index in [9.17, 15) is 4.79 Å². The van der Waals surface area contributed by atoms with Crippen molar-refractivity contribution < 1.29 is 9.53 Å². The zero-order valence-corrected chi connectivity index (χ0v) is 36.6. The van der Waals surface area contributed by atoms with Gasteiger partial charge in [0.15, 0.2) is 0 Å². The standard InChI is InChI=1S/C50H100O2/c1-3-5-7-9-11-13-15-17-19-20-21-22-23-24-25-26-27-28-29-30-31-32-33-34-35-36-38-40-42-44-46-48-50(51)52-49-47-45-43-41-39-37-18-16-14-12-10-8-6-4-2/h3-49H2,1-2H3. The predicted octanol–water partition coefficient (Wildman–Crippen LogP) is 18.5. The van der Waals surface area contributed by atoms with Gasteiger partial charge >= 0.3 is 5.97 Å². The fourth-order valence-electron chi connectivity index (χ4n) is 8.02. The van der Waals surface area contributed by atoms with Crippen molar-refractivity contribution in [2.75, 3.05) is 6.61 Å². The quantitative estimate of drug-likeness (QED) is 0.0460. The first-order chi connectivity index (χ1) is 25.8. The van der Waals surface area contributed by atoms with Gasteiger partial charge in [-0.25, -0.2) is 0 Å². The molecule has 0 fully saturated rings. The second-order valence-corrected chi connectivity index (χ2v) is 17.2. The molecule has 0 atom stereocenters. The highest BCUT2D eigenvalue weighted by molar-refractivity contribution is 5.69. The van der Waals surface area contributed by atoms with Gasteiger partial charge in [-0.05, 0) is 12.8 Å². The molecule has 0 saturated carbocycles. The fourth-order valence-corrected chi connectivity index (χ4v) is 8.02. The third kappa shape index (κ3) is 47.5. The highest BCUT2D eigenvalue weighted by Crippen LogP contribution is 2.18. The number of carbonyl (C=O) groups is 1. The Balaban J connectivity index is 3.13. The van der Waals surface area contributed by atoms with Crippen LogP contribution in [-0.4, -0.2) is 12.6 Å². The molecule has 0 rings (SSSR count). The average Bonchev–Trinajstić information content (AvgIpc) is 3.15. The first-order valence-electron chi connectivity index (χ1n) is 25.0. The van der Waals surface area contributed by atoms with Gasteiger partial charge in [0.2, 0.25) is 0 Å². The highest BCUT2D eigenvalue weighted by atomic mass is 16.5. The van der Waals surface area contributed by atoms with Crippen molar-refractivity contribution >= 4 is 5.97 Å². The number of esters is 1. The second-order valence-electron chi connectivity index (χ2n) is 17.2. The molecular formula is C50H100O2. The van der Waals surface area contributed by atoms with Gasteiger partial charge in [-0.1, -0.05) is 290 Å². The van der Waals surface area contributed by atoms with Crippen LogP contribution in [-0.2, 0) is 9.53 Å². The maximum atomic E-state index is 12.0. The van der Waals surface area contributed by atoms with E-state index in [0.717, 1.165) is 12.8 Å². The van der Waals surface area contributed by atoms with Crippen LogP contribution in [0.4, 0.5) is 0 Å². The van der Waals surface area contributed by atoms with E-state index in [1.54, 1.807) is 0 Å². The van der Waals surface area contributed by atoms with E-state index in [1.807, 2.05) is 0 Å². The van der Waals surface area contributed by atoms with Crippen molar-refractivity contribution in [3.05, 3.63) is 0 Å². The van der Waals surface area contributed by atoms with Crippen molar-refractivity contribution in [2.24, 2.45) is 0 Å². The number of hydrogen-bond acceptors (Lipinski definition) is 2. The fraction of sp³-hybridized carbons (Fsp3) is 0.980. The van der Waals surface area contributed by atoms with Gasteiger partial charge in [0.25, 0.3) is 0 Å². The number of hydrogen-bond donors (Lipinski definition) is 0. The smallest absolute Gasteiger partial charge is 0.305 e. The van der Waals surface area contributed by atoms with Crippen LogP contribution in [0.1, 0.15) is 309 Å². The third-order valence-corrected chi connectivity index (χ3v) is 11.7. The summed E-state index contributed by atoms with van der Waals surface area (Å²) in [4.78, 5) is 12.0. The first-order valence-corrected chi connectivity index (χ1v) is 25.0. The second kappa shape index (κ2) is 48.5. The van der Waals surface area contributed by atoms with Crippen molar-refractivity contribution in [1.29, 1.82) is 0 Å². The number of carbonyl (C=O) groups excluding carboxylic acids is 1. The molecule has 0 aliphatic rings. The summed E-state index contributed by atoms with van der Waals surface area (Å²) in [6, 6.07) is 0. The van der Waals surface area contributed by atoms with Crippen molar-refractivity contribution in [1.82, 2.24) is 0 Å². The Labute approximate surface area is 330 Å². The Hall–Kier alpha value is -0.530. The van der Waals surface area contributed by atoms with E-state index < -0.39 is 0 Å². The minimum Gasteiger partial charge on any atom is -0.466 e. The Morgan fingerprint density at radius 1 is 0.250 bits per heavy atom. The van der Waals surface area contributed by atoms with Crippen LogP contribution in [0, 0.1) is 0 Å². The van der Waals surface area contributed by atoms with Crippen molar-refractivity contribution in [3.8, 4) is 0 Å². The molecule has 0 aliphatic carbocycles. The summed E-state index contributed by atoms with van der Waals surface area (Å²) in [7, 11) is 0. The summed E-state index contributed by atoms with van der Waals surface area (Å²) in [5, 5.41) is 0. The monoisotopic (exact) mass is 733 g/mol. The van der Waals surface area contributed by atoms with E-state index in [1.165, 1.54) is 276 Å². The molecule has 52 heavy (non-hydrogen) atoms. The van der Waals surface area contributed by atoms with Crippen molar-refractivity contribution in [2.45, 2.75) is 309 Å².